The van der Waals surface area contributed by atoms with Crippen molar-refractivity contribution in [3.63, 3.8) is 0 Å². The Balaban J connectivity index is 1.49. The van der Waals surface area contributed by atoms with E-state index in [2.05, 4.69) is 10.2 Å². The second-order valence-electron chi connectivity index (χ2n) is 8.35. The molecule has 3 heterocycles. The first kappa shape index (κ1) is 21.3. The first-order valence-corrected chi connectivity index (χ1v) is 12.2. The number of carbonyl (C=O) groups is 2. The van der Waals surface area contributed by atoms with E-state index in [1.54, 1.807) is 18.2 Å². The van der Waals surface area contributed by atoms with Gasteiger partial charge in [-0.3, -0.25) is 14.5 Å². The average molecular weight is 435 g/mol. The van der Waals surface area contributed by atoms with Gasteiger partial charge in [0.1, 0.15) is 6.04 Å². The van der Waals surface area contributed by atoms with Crippen molar-refractivity contribution in [1.82, 2.24) is 14.5 Å². The van der Waals surface area contributed by atoms with Crippen molar-refractivity contribution in [3.8, 4) is 0 Å². The summed E-state index contributed by atoms with van der Waals surface area (Å²) in [6, 6.07) is 4.21. The summed E-state index contributed by atoms with van der Waals surface area (Å²) in [6.07, 6.45) is 4.48. The summed E-state index contributed by atoms with van der Waals surface area (Å²) in [4.78, 5) is 29.2. The van der Waals surface area contributed by atoms with Crippen LogP contribution in [0.15, 0.2) is 23.1 Å². The largest absolute Gasteiger partial charge is 0.353 e. The van der Waals surface area contributed by atoms with Crippen molar-refractivity contribution in [3.05, 3.63) is 23.8 Å². The predicted molar refractivity (Wildman–Crippen MR) is 114 cm³/mol. The maximum atomic E-state index is 12.9. The van der Waals surface area contributed by atoms with Crippen LogP contribution in [0, 0.1) is 0 Å². The minimum Gasteiger partial charge on any atom is -0.353 e. The minimum absolute atomic E-state index is 0.190. The van der Waals surface area contributed by atoms with E-state index in [-0.39, 0.29) is 16.7 Å². The summed E-state index contributed by atoms with van der Waals surface area (Å²) >= 11 is 0. The van der Waals surface area contributed by atoms with Crippen LogP contribution >= 0.6 is 0 Å². The number of hydrogen-bond acceptors (Lipinski definition) is 5. The van der Waals surface area contributed by atoms with E-state index < -0.39 is 16.1 Å². The van der Waals surface area contributed by atoms with E-state index in [4.69, 9.17) is 0 Å². The third-order valence-corrected chi connectivity index (χ3v) is 8.20. The lowest BCUT2D eigenvalue weighted by Gasteiger charge is -2.24. The Bertz CT molecular complexity index is 921. The molecule has 0 aliphatic carbocycles. The lowest BCUT2D eigenvalue weighted by atomic mass is 10.1. The van der Waals surface area contributed by atoms with Gasteiger partial charge in [0.25, 0.3) is 0 Å². The molecule has 2 saturated heterocycles. The van der Waals surface area contributed by atoms with Crippen LogP contribution in [0.3, 0.4) is 0 Å². The van der Waals surface area contributed by atoms with Crippen molar-refractivity contribution in [1.29, 1.82) is 0 Å². The number of likely N-dealkylation sites (tertiary alicyclic amines) is 1. The monoisotopic (exact) mass is 434 g/mol. The van der Waals surface area contributed by atoms with Crippen molar-refractivity contribution in [2.45, 2.75) is 50.0 Å². The molecular weight excluding hydrogens is 404 g/mol. The van der Waals surface area contributed by atoms with Crippen LogP contribution < -0.4 is 10.2 Å². The molecule has 2 fully saturated rings. The molecule has 3 aliphatic heterocycles. The summed E-state index contributed by atoms with van der Waals surface area (Å²) in [5, 5.41) is 2.96. The SMILES string of the molecule is CC(=O)N1c2ccc(S(=O)(=O)N3CCCC3)cc2C[C@H]1C(=O)NCCN1CCCC1. The highest BCUT2D eigenvalue weighted by atomic mass is 32.2. The molecule has 164 valence electrons. The number of sulfonamides is 1. The zero-order chi connectivity index (χ0) is 21.3. The van der Waals surface area contributed by atoms with Gasteiger partial charge in [-0.1, -0.05) is 0 Å². The first-order chi connectivity index (χ1) is 14.4. The molecule has 0 bridgehead atoms. The Labute approximate surface area is 178 Å². The molecule has 0 spiro atoms. The molecule has 4 rings (SSSR count). The van der Waals surface area contributed by atoms with E-state index in [1.807, 2.05) is 0 Å². The molecule has 9 heteroatoms. The standard InChI is InChI=1S/C21H30N4O4S/c1-16(26)25-19-7-6-18(30(28,29)24-11-4-5-12-24)14-17(19)15-20(25)21(27)22-8-13-23-9-2-3-10-23/h6-7,14,20H,2-5,8-13,15H2,1H3,(H,22,27)/t20-/m0/s1. The summed E-state index contributed by atoms with van der Waals surface area (Å²) in [5.41, 5.74) is 1.35. The van der Waals surface area contributed by atoms with E-state index in [0.717, 1.165) is 38.0 Å². The maximum Gasteiger partial charge on any atom is 0.243 e. The zero-order valence-electron chi connectivity index (χ0n) is 17.5. The van der Waals surface area contributed by atoms with Gasteiger partial charge in [-0.05, 0) is 62.5 Å². The Morgan fingerprint density at radius 3 is 2.40 bits per heavy atom. The lowest BCUT2D eigenvalue weighted by Crippen LogP contribution is -2.48. The molecule has 0 unspecified atom stereocenters. The Morgan fingerprint density at radius 1 is 1.07 bits per heavy atom. The van der Waals surface area contributed by atoms with E-state index in [0.29, 0.717) is 31.7 Å². The van der Waals surface area contributed by atoms with Gasteiger partial charge < -0.3 is 10.2 Å². The van der Waals surface area contributed by atoms with Crippen molar-refractivity contribution < 1.29 is 18.0 Å². The van der Waals surface area contributed by atoms with Crippen LogP contribution in [-0.4, -0.2) is 74.7 Å². The molecule has 30 heavy (non-hydrogen) atoms. The zero-order valence-corrected chi connectivity index (χ0v) is 18.3. The van der Waals surface area contributed by atoms with E-state index in [1.165, 1.54) is 29.0 Å². The van der Waals surface area contributed by atoms with Crippen LogP contribution in [0.4, 0.5) is 5.69 Å². The molecule has 2 amide bonds. The predicted octanol–water partition coefficient (Wildman–Crippen LogP) is 0.961. The Hall–Kier alpha value is -1.97. The number of benzene rings is 1. The molecule has 0 radical (unpaired) electrons. The van der Waals surface area contributed by atoms with Crippen LogP contribution in [0.2, 0.25) is 0 Å². The highest BCUT2D eigenvalue weighted by Gasteiger charge is 2.38. The van der Waals surface area contributed by atoms with Gasteiger partial charge in [0.05, 0.1) is 4.90 Å². The van der Waals surface area contributed by atoms with Crippen LogP contribution in [0.1, 0.15) is 38.2 Å². The van der Waals surface area contributed by atoms with Gasteiger partial charge in [0, 0.05) is 45.2 Å². The fraction of sp³-hybridized carbons (Fsp3) is 0.619. The van der Waals surface area contributed by atoms with Crippen molar-refractivity contribution in [2.24, 2.45) is 0 Å². The van der Waals surface area contributed by atoms with Crippen LogP contribution in [-0.2, 0) is 26.0 Å². The summed E-state index contributed by atoms with van der Waals surface area (Å²) in [5.74, 6) is -0.409. The topological polar surface area (TPSA) is 90.0 Å². The number of amides is 2. The van der Waals surface area contributed by atoms with Gasteiger partial charge in [-0.2, -0.15) is 4.31 Å². The van der Waals surface area contributed by atoms with Gasteiger partial charge >= 0.3 is 0 Å². The average Bonchev–Trinajstić information content (AvgIpc) is 3.46. The number of nitrogens with one attached hydrogen (secondary N) is 1. The summed E-state index contributed by atoms with van der Waals surface area (Å²) < 4.78 is 27.3. The highest BCUT2D eigenvalue weighted by molar-refractivity contribution is 7.89. The molecule has 1 atom stereocenters. The van der Waals surface area contributed by atoms with Crippen LogP contribution in [0.25, 0.3) is 0 Å². The number of nitrogens with zero attached hydrogens (tertiary/aromatic N) is 3. The maximum absolute atomic E-state index is 12.9. The summed E-state index contributed by atoms with van der Waals surface area (Å²) in [6.45, 7) is 6.02. The van der Waals surface area contributed by atoms with Crippen LogP contribution in [0.5, 0.6) is 0 Å². The van der Waals surface area contributed by atoms with Gasteiger partial charge in [-0.15, -0.1) is 0 Å². The Morgan fingerprint density at radius 2 is 1.73 bits per heavy atom. The third kappa shape index (κ3) is 4.10. The van der Waals surface area contributed by atoms with E-state index in [9.17, 15) is 18.0 Å². The molecule has 0 aromatic heterocycles. The third-order valence-electron chi connectivity index (χ3n) is 6.31. The van der Waals surface area contributed by atoms with E-state index >= 15 is 0 Å². The fourth-order valence-corrected chi connectivity index (χ4v) is 6.29. The molecule has 0 saturated carbocycles. The van der Waals surface area contributed by atoms with Gasteiger partial charge in [-0.25, -0.2) is 8.42 Å². The second kappa shape index (κ2) is 8.64. The molecule has 1 aromatic rings. The number of hydrogen-bond donors (Lipinski definition) is 1. The van der Waals surface area contributed by atoms with Gasteiger partial charge in [0.2, 0.25) is 21.8 Å². The molecule has 8 nitrogen and oxygen atoms in total. The highest BCUT2D eigenvalue weighted by Crippen LogP contribution is 2.35. The first-order valence-electron chi connectivity index (χ1n) is 10.8. The number of anilines is 1. The molecule has 1 N–H and O–H groups in total. The quantitative estimate of drug-likeness (QED) is 0.720. The molecule has 1 aromatic carbocycles. The Kier molecular flexibility index (Phi) is 6.13. The number of carbonyl (C=O) groups excluding carboxylic acids is 2. The fourth-order valence-electron chi connectivity index (χ4n) is 4.73. The normalized spacial score (nSPS) is 22.4. The molecule has 3 aliphatic rings. The van der Waals surface area contributed by atoms with Crippen molar-refractivity contribution in [2.75, 3.05) is 44.2 Å². The second-order valence-corrected chi connectivity index (χ2v) is 10.3. The van der Waals surface area contributed by atoms with Gasteiger partial charge in [0.15, 0.2) is 0 Å². The minimum atomic E-state index is -3.54. The number of rotatable bonds is 6. The smallest absolute Gasteiger partial charge is 0.243 e. The summed E-state index contributed by atoms with van der Waals surface area (Å²) in [7, 11) is -3.54. The number of fused-ring (bicyclic) bond motifs is 1. The lowest BCUT2D eigenvalue weighted by molar-refractivity contribution is -0.125. The van der Waals surface area contributed by atoms with Crippen molar-refractivity contribution >= 4 is 27.5 Å². The molecular formula is C21H30N4O4S.